The molecule has 0 fully saturated rings. The minimum Gasteiger partial charge on any atom is -1.00 e. The molecule has 0 aromatic rings. The average molecular weight is 225 g/mol. The third kappa shape index (κ3) is 9.51. The molecule has 0 amide bonds. The summed E-state index contributed by atoms with van der Waals surface area (Å²) in [5, 5.41) is 0. The van der Waals surface area contributed by atoms with Crippen LogP contribution in [-0.4, -0.2) is 44.2 Å². The molecule has 0 radical (unpaired) electrons. The molecule has 0 spiro atoms. The number of nitrogens with zero attached hydrogens (tertiary/aromatic N) is 1. The maximum absolute atomic E-state index is 10.6. The van der Waals surface area contributed by atoms with Gasteiger partial charge in [0.1, 0.15) is 13.2 Å². The summed E-state index contributed by atoms with van der Waals surface area (Å²) in [6, 6.07) is 0. The lowest BCUT2D eigenvalue weighted by Crippen LogP contribution is -3.00. The van der Waals surface area contributed by atoms with E-state index in [1.807, 2.05) is 0 Å². The van der Waals surface area contributed by atoms with E-state index >= 15 is 0 Å². The quantitative estimate of drug-likeness (QED) is 0.333. The van der Waals surface area contributed by atoms with E-state index in [4.69, 9.17) is 4.74 Å². The number of rotatable bonds is 5. The Kier molecular flexibility index (Phi) is 12.2. The van der Waals surface area contributed by atoms with E-state index in [0.29, 0.717) is 6.61 Å². The number of esters is 1. The molecule has 0 atom stereocenters. The van der Waals surface area contributed by atoms with Crippen molar-refractivity contribution in [3.8, 4) is 0 Å². The van der Waals surface area contributed by atoms with Crippen LogP contribution in [0.5, 0.6) is 0 Å². The number of hydrogen-bond donors (Lipinski definition) is 1. The van der Waals surface area contributed by atoms with E-state index in [-0.39, 0.29) is 24.5 Å². The van der Waals surface area contributed by atoms with Gasteiger partial charge in [-0.2, -0.15) is 0 Å². The van der Waals surface area contributed by atoms with Gasteiger partial charge in [0, 0.05) is 6.08 Å². The first-order valence-electron chi connectivity index (χ1n) is 4.13. The van der Waals surface area contributed by atoms with E-state index in [2.05, 4.69) is 27.6 Å². The van der Waals surface area contributed by atoms with Crippen LogP contribution >= 0.6 is 0 Å². The van der Waals surface area contributed by atoms with Crippen LogP contribution in [-0.2, 0) is 9.53 Å². The molecule has 5 heteroatoms. The van der Waals surface area contributed by atoms with Crippen LogP contribution in [0.1, 0.15) is 6.92 Å². The van der Waals surface area contributed by atoms with Gasteiger partial charge in [0.05, 0.1) is 20.6 Å². The Morgan fingerprint density at radius 2 is 2.00 bits per heavy atom. The summed E-state index contributed by atoms with van der Waals surface area (Å²) in [5.41, 5.74) is 0. The fourth-order valence-electron chi connectivity index (χ4n) is 0.610. The number of quaternary nitrogens is 1. The zero-order valence-electron chi connectivity index (χ0n) is 9.25. The molecular formula is C9H21ClN2O2. The van der Waals surface area contributed by atoms with E-state index in [9.17, 15) is 4.79 Å². The van der Waals surface area contributed by atoms with Gasteiger partial charge in [0.15, 0.2) is 0 Å². The van der Waals surface area contributed by atoms with E-state index < -0.39 is 0 Å². The number of ether oxygens (including phenoxy) is 1. The molecule has 0 aromatic carbocycles. The minimum absolute atomic E-state index is 0. The molecule has 86 valence electrons. The van der Waals surface area contributed by atoms with Crippen LogP contribution in [0.3, 0.4) is 0 Å². The molecule has 0 rings (SSSR count). The smallest absolute Gasteiger partial charge is 0.330 e. The maximum Gasteiger partial charge on any atom is 0.330 e. The lowest BCUT2D eigenvalue weighted by Gasteiger charge is -2.27. The first kappa shape index (κ1) is 19.1. The van der Waals surface area contributed by atoms with Gasteiger partial charge in [0.2, 0.25) is 0 Å². The molecule has 0 aliphatic rings. The second-order valence-corrected chi connectivity index (χ2v) is 3.35. The van der Waals surface area contributed by atoms with Crippen molar-refractivity contribution in [2.75, 3.05) is 33.8 Å². The van der Waals surface area contributed by atoms with E-state index in [0.717, 1.165) is 17.6 Å². The van der Waals surface area contributed by atoms with E-state index in [1.165, 1.54) is 6.08 Å². The molecule has 3 N–H and O–H groups in total. The van der Waals surface area contributed by atoms with Crippen molar-refractivity contribution in [3.05, 3.63) is 12.7 Å². The summed E-state index contributed by atoms with van der Waals surface area (Å²) in [6.45, 7) is 7.76. The summed E-state index contributed by atoms with van der Waals surface area (Å²) >= 11 is 0. The molecule has 0 saturated heterocycles. The van der Waals surface area contributed by atoms with Crippen molar-refractivity contribution in [2.24, 2.45) is 0 Å². The zero-order valence-corrected chi connectivity index (χ0v) is 10.0. The monoisotopic (exact) mass is 224 g/mol. The largest absolute Gasteiger partial charge is 1.00 e. The predicted octanol–water partition coefficient (Wildman–Crippen LogP) is -2.02. The van der Waals surface area contributed by atoms with Crippen LogP contribution in [0.2, 0.25) is 0 Å². The van der Waals surface area contributed by atoms with Crippen LogP contribution < -0.4 is 18.6 Å². The average Bonchev–Trinajstić information content (AvgIpc) is 2.04. The molecule has 0 saturated carbocycles. The third-order valence-electron chi connectivity index (χ3n) is 1.96. The highest BCUT2D eigenvalue weighted by Gasteiger charge is 2.11. The number of halogens is 1. The van der Waals surface area contributed by atoms with Gasteiger partial charge in [0.25, 0.3) is 0 Å². The number of likely N-dealkylation sites (N-methyl/N-ethyl adjacent to an activating group) is 1. The van der Waals surface area contributed by atoms with Crippen molar-refractivity contribution >= 4 is 5.97 Å². The van der Waals surface area contributed by atoms with Crippen molar-refractivity contribution in [2.45, 2.75) is 6.92 Å². The van der Waals surface area contributed by atoms with E-state index in [1.54, 1.807) is 0 Å². The van der Waals surface area contributed by atoms with Crippen LogP contribution in [0.15, 0.2) is 12.7 Å². The minimum atomic E-state index is -0.342. The molecule has 14 heavy (non-hydrogen) atoms. The highest BCUT2D eigenvalue weighted by Crippen LogP contribution is 1.95. The number of hydrogen-bond acceptors (Lipinski definition) is 3. The summed E-state index contributed by atoms with van der Waals surface area (Å²) < 4.78 is 5.72. The number of carbonyl (C=O) groups excluding carboxylic acids is 1. The molecule has 0 bridgehead atoms. The Bertz CT molecular complexity index is 172. The van der Waals surface area contributed by atoms with Crippen LogP contribution in [0.4, 0.5) is 0 Å². The summed E-state index contributed by atoms with van der Waals surface area (Å²) in [5.74, 6) is -0.342. The van der Waals surface area contributed by atoms with Gasteiger partial charge in [-0.05, 0) is 6.92 Å². The molecule has 0 aliphatic carbocycles. The third-order valence-corrected chi connectivity index (χ3v) is 1.96. The second kappa shape index (κ2) is 8.99. The highest BCUT2D eigenvalue weighted by molar-refractivity contribution is 5.81. The first-order valence-corrected chi connectivity index (χ1v) is 4.13. The summed E-state index contributed by atoms with van der Waals surface area (Å²) in [7, 11) is 4.20. The van der Waals surface area contributed by atoms with Gasteiger partial charge in [-0.25, -0.2) is 4.79 Å². The Hall–Kier alpha value is -0.580. The maximum atomic E-state index is 10.6. The SMILES string of the molecule is C=CC(=O)OCC[N+](C)(C)CC.N.[Cl-]. The van der Waals surface area contributed by atoms with Crippen LogP contribution in [0.25, 0.3) is 0 Å². The van der Waals surface area contributed by atoms with Crippen molar-refractivity contribution in [1.82, 2.24) is 6.15 Å². The molecule has 0 aromatic heterocycles. The molecule has 0 aliphatic heterocycles. The van der Waals surface area contributed by atoms with Gasteiger partial charge in [-0.15, -0.1) is 0 Å². The summed E-state index contributed by atoms with van der Waals surface area (Å²) in [4.78, 5) is 10.6. The van der Waals surface area contributed by atoms with Crippen molar-refractivity contribution in [1.29, 1.82) is 0 Å². The Morgan fingerprint density at radius 3 is 2.36 bits per heavy atom. The van der Waals surface area contributed by atoms with Gasteiger partial charge >= 0.3 is 5.97 Å². The highest BCUT2D eigenvalue weighted by atomic mass is 35.5. The normalized spacial score (nSPS) is 9.36. The van der Waals surface area contributed by atoms with Crippen molar-refractivity contribution in [3.63, 3.8) is 0 Å². The Balaban J connectivity index is -0.000000605. The fourth-order valence-corrected chi connectivity index (χ4v) is 0.610. The topological polar surface area (TPSA) is 61.3 Å². The van der Waals surface area contributed by atoms with Gasteiger partial charge < -0.3 is 27.8 Å². The zero-order chi connectivity index (χ0) is 9.61. The van der Waals surface area contributed by atoms with Crippen molar-refractivity contribution < 1.29 is 26.4 Å². The number of carbonyl (C=O) groups is 1. The molecule has 0 unspecified atom stereocenters. The summed E-state index contributed by atoms with van der Waals surface area (Å²) in [6.07, 6.45) is 1.19. The lowest BCUT2D eigenvalue weighted by atomic mass is 10.4. The second-order valence-electron chi connectivity index (χ2n) is 3.35. The Labute approximate surface area is 92.5 Å². The van der Waals surface area contributed by atoms with Gasteiger partial charge in [-0.1, -0.05) is 6.58 Å². The molecule has 4 nitrogen and oxygen atoms in total. The standard InChI is InChI=1S/C9H18NO2.ClH.H3N/c1-5-9(11)12-8-7-10(3,4)6-2;;/h5H,1,6-8H2,2-4H3;1H;1H3/q+1;;/p-1. The van der Waals surface area contributed by atoms with Gasteiger partial charge in [-0.3, -0.25) is 0 Å². The lowest BCUT2D eigenvalue weighted by molar-refractivity contribution is -0.888. The Morgan fingerprint density at radius 1 is 1.50 bits per heavy atom. The molecule has 0 heterocycles. The first-order chi connectivity index (χ1) is 5.52. The molecular weight excluding hydrogens is 204 g/mol. The fraction of sp³-hybridized carbons (Fsp3) is 0.667. The predicted molar refractivity (Wildman–Crippen MR) is 53.7 cm³/mol. The van der Waals surface area contributed by atoms with Crippen LogP contribution in [0, 0.1) is 0 Å².